The number of aliphatic hydroxyl groups is 1. The van der Waals surface area contributed by atoms with Crippen LogP contribution in [-0.2, 0) is 20.8 Å². The first-order valence-corrected chi connectivity index (χ1v) is 15.8. The fraction of sp³-hybridized carbons (Fsp3) is 0.486. The molecule has 0 unspecified atom stereocenters. The van der Waals surface area contributed by atoms with Crippen LogP contribution in [0.25, 0.3) is 11.1 Å². The molecule has 10 nitrogen and oxygen atoms in total. The molecule has 1 aliphatic rings. The van der Waals surface area contributed by atoms with Gasteiger partial charge in [-0.15, -0.1) is 0 Å². The van der Waals surface area contributed by atoms with Crippen LogP contribution < -0.4 is 20.5 Å². The third kappa shape index (κ3) is 9.40. The number of carbonyl (C=O) groups excluding carboxylic acids is 1. The Morgan fingerprint density at radius 2 is 1.67 bits per heavy atom. The molecule has 0 bridgehead atoms. The Kier molecular flexibility index (Phi) is 13.0. The predicted octanol–water partition coefficient (Wildman–Crippen LogP) is 4.31. The average molecular weight is 622 g/mol. The van der Waals surface area contributed by atoms with Gasteiger partial charge in [0.2, 0.25) is 0 Å². The minimum Gasteiger partial charge on any atom is -0.491 e. The van der Waals surface area contributed by atoms with Crippen molar-refractivity contribution >= 4 is 11.6 Å². The number of amides is 1. The first kappa shape index (κ1) is 34.2. The van der Waals surface area contributed by atoms with Crippen LogP contribution in [0.2, 0.25) is 0 Å². The number of aliphatic hydroxyl groups excluding tert-OH is 1. The van der Waals surface area contributed by atoms with Crippen molar-refractivity contribution in [2.45, 2.75) is 53.1 Å². The molecule has 0 saturated carbocycles. The molecule has 2 heterocycles. The molecular weight excluding hydrogens is 574 g/mol. The van der Waals surface area contributed by atoms with Gasteiger partial charge in [-0.3, -0.25) is 9.59 Å². The van der Waals surface area contributed by atoms with E-state index in [1.165, 1.54) is 0 Å². The zero-order valence-corrected chi connectivity index (χ0v) is 26.9. The van der Waals surface area contributed by atoms with E-state index in [0.717, 1.165) is 72.0 Å². The van der Waals surface area contributed by atoms with Crippen molar-refractivity contribution in [3.05, 3.63) is 80.8 Å². The van der Waals surface area contributed by atoms with Gasteiger partial charge in [0.05, 0.1) is 33.0 Å². The number of aromatic nitrogens is 1. The lowest BCUT2D eigenvalue weighted by Gasteiger charge is -2.37. The monoisotopic (exact) mass is 621 g/mol. The highest BCUT2D eigenvalue weighted by molar-refractivity contribution is 5.99. The summed E-state index contributed by atoms with van der Waals surface area (Å²) in [6, 6.07) is 14.2. The highest BCUT2D eigenvalue weighted by Gasteiger charge is 2.25. The van der Waals surface area contributed by atoms with Crippen molar-refractivity contribution in [2.75, 3.05) is 64.3 Å². The van der Waals surface area contributed by atoms with Gasteiger partial charge in [0.1, 0.15) is 12.4 Å². The summed E-state index contributed by atoms with van der Waals surface area (Å²) in [5.74, 6) is 0.500. The molecule has 0 spiro atoms. The fourth-order valence-electron chi connectivity index (χ4n) is 5.74. The number of pyridine rings is 1. The largest absolute Gasteiger partial charge is 0.491 e. The standard InChI is InChI=1S/C35H47N3O7/c1-5-38(29-10-13-42-14-11-29)33-22-28(27-6-8-30(9-7-27)45-19-18-44-17-16-43-15-12-39)21-31(26(33)4)34(40)36-23-32-24(2)20-25(3)37-35(32)41/h6-9,20-22,29,39H,5,10-19,23H2,1-4H3,(H,36,40)(H,37,41). The van der Waals surface area contributed by atoms with E-state index in [4.69, 9.17) is 24.1 Å². The second-order valence-corrected chi connectivity index (χ2v) is 11.2. The third-order valence-corrected chi connectivity index (χ3v) is 8.12. The van der Waals surface area contributed by atoms with Crippen LogP contribution >= 0.6 is 0 Å². The Hall–Kier alpha value is -3.70. The number of aromatic amines is 1. The SMILES string of the molecule is CCN(c1cc(-c2ccc(OCCOCCOCCO)cc2)cc(C(=O)NCc2c(C)cc(C)[nH]c2=O)c1C)C1CCOCC1. The summed E-state index contributed by atoms with van der Waals surface area (Å²) >= 11 is 0. The van der Waals surface area contributed by atoms with Crippen molar-refractivity contribution in [1.82, 2.24) is 10.3 Å². The maximum atomic E-state index is 13.7. The molecule has 45 heavy (non-hydrogen) atoms. The number of nitrogens with one attached hydrogen (secondary N) is 2. The van der Waals surface area contributed by atoms with E-state index < -0.39 is 0 Å². The number of carbonyl (C=O) groups is 1. The Morgan fingerprint density at radius 1 is 0.978 bits per heavy atom. The van der Waals surface area contributed by atoms with Crippen LogP contribution in [0.1, 0.15) is 52.5 Å². The molecule has 0 atom stereocenters. The molecule has 0 aliphatic carbocycles. The van der Waals surface area contributed by atoms with Gasteiger partial charge in [-0.05, 0) is 93.1 Å². The number of hydrogen-bond acceptors (Lipinski definition) is 8. The summed E-state index contributed by atoms with van der Waals surface area (Å²) in [7, 11) is 0. The van der Waals surface area contributed by atoms with Gasteiger partial charge in [-0.25, -0.2) is 0 Å². The van der Waals surface area contributed by atoms with Gasteiger partial charge < -0.3 is 39.3 Å². The van der Waals surface area contributed by atoms with Crippen molar-refractivity contribution in [3.63, 3.8) is 0 Å². The Labute approximate surface area is 265 Å². The number of hydrogen-bond donors (Lipinski definition) is 3. The average Bonchev–Trinajstić information content (AvgIpc) is 3.03. The maximum Gasteiger partial charge on any atom is 0.253 e. The number of benzene rings is 2. The Balaban J connectivity index is 1.55. The van der Waals surface area contributed by atoms with Crippen molar-refractivity contribution < 1.29 is 28.8 Å². The predicted molar refractivity (Wildman–Crippen MR) is 175 cm³/mol. The number of anilines is 1. The van der Waals surface area contributed by atoms with Crippen LogP contribution in [0.5, 0.6) is 5.75 Å². The van der Waals surface area contributed by atoms with E-state index in [2.05, 4.69) is 28.2 Å². The zero-order chi connectivity index (χ0) is 32.2. The second kappa shape index (κ2) is 17.1. The molecule has 4 rings (SSSR count). The van der Waals surface area contributed by atoms with Gasteiger partial charge in [-0.1, -0.05) is 12.1 Å². The summed E-state index contributed by atoms with van der Waals surface area (Å²) in [6.45, 7) is 12.3. The second-order valence-electron chi connectivity index (χ2n) is 11.2. The van der Waals surface area contributed by atoms with E-state index in [9.17, 15) is 9.59 Å². The summed E-state index contributed by atoms with van der Waals surface area (Å²) < 4.78 is 22.2. The number of aryl methyl sites for hydroxylation is 2. The molecule has 3 aromatic rings. The Bertz CT molecular complexity index is 1450. The van der Waals surface area contributed by atoms with Crippen molar-refractivity contribution in [3.8, 4) is 16.9 Å². The summed E-state index contributed by atoms with van der Waals surface area (Å²) in [5.41, 5.74) is 6.40. The minimum absolute atomic E-state index is 0.000326. The smallest absolute Gasteiger partial charge is 0.253 e. The highest BCUT2D eigenvalue weighted by atomic mass is 16.5. The van der Waals surface area contributed by atoms with Crippen molar-refractivity contribution in [2.24, 2.45) is 0 Å². The molecule has 1 amide bonds. The van der Waals surface area contributed by atoms with Crippen LogP contribution in [-0.4, -0.2) is 81.4 Å². The lowest BCUT2D eigenvalue weighted by atomic mass is 9.95. The van der Waals surface area contributed by atoms with Crippen molar-refractivity contribution in [1.29, 1.82) is 0 Å². The van der Waals surface area contributed by atoms with E-state index >= 15 is 0 Å². The maximum absolute atomic E-state index is 13.7. The summed E-state index contributed by atoms with van der Waals surface area (Å²) in [6.07, 6.45) is 1.86. The molecule has 2 aromatic carbocycles. The van der Waals surface area contributed by atoms with E-state index in [1.807, 2.05) is 57.2 Å². The Morgan fingerprint density at radius 3 is 2.33 bits per heavy atom. The molecule has 244 valence electrons. The van der Waals surface area contributed by atoms with Crippen LogP contribution in [0.15, 0.2) is 47.3 Å². The highest BCUT2D eigenvalue weighted by Crippen LogP contribution is 2.34. The fourth-order valence-corrected chi connectivity index (χ4v) is 5.74. The van der Waals surface area contributed by atoms with Gasteiger partial charge >= 0.3 is 0 Å². The van der Waals surface area contributed by atoms with Gasteiger partial charge in [0.15, 0.2) is 0 Å². The van der Waals surface area contributed by atoms with Gasteiger partial charge in [0.25, 0.3) is 11.5 Å². The minimum atomic E-state index is -0.222. The molecule has 1 aliphatic heterocycles. The van der Waals surface area contributed by atoms with Crippen LogP contribution in [0.3, 0.4) is 0 Å². The lowest BCUT2D eigenvalue weighted by Crippen LogP contribution is -2.40. The zero-order valence-electron chi connectivity index (χ0n) is 26.9. The quantitative estimate of drug-likeness (QED) is 0.203. The molecule has 1 aromatic heterocycles. The summed E-state index contributed by atoms with van der Waals surface area (Å²) in [5, 5.41) is 11.8. The molecule has 1 saturated heterocycles. The molecule has 0 radical (unpaired) electrons. The number of rotatable bonds is 16. The molecule has 10 heteroatoms. The van der Waals surface area contributed by atoms with E-state index in [-0.39, 0.29) is 24.6 Å². The first-order chi connectivity index (χ1) is 21.8. The summed E-state index contributed by atoms with van der Waals surface area (Å²) in [4.78, 5) is 31.6. The number of ether oxygens (including phenoxy) is 4. The third-order valence-electron chi connectivity index (χ3n) is 8.12. The molecule has 1 fully saturated rings. The van der Waals surface area contributed by atoms with Gasteiger partial charge in [-0.2, -0.15) is 0 Å². The molecular formula is C35H47N3O7. The first-order valence-electron chi connectivity index (χ1n) is 15.8. The number of nitrogens with zero attached hydrogens (tertiary/aromatic N) is 1. The van der Waals surface area contributed by atoms with E-state index in [0.29, 0.717) is 50.2 Å². The number of H-pyrrole nitrogens is 1. The lowest BCUT2D eigenvalue weighted by molar-refractivity contribution is 0.0247. The topological polar surface area (TPSA) is 122 Å². The van der Waals surface area contributed by atoms with Crippen LogP contribution in [0, 0.1) is 20.8 Å². The normalized spacial score (nSPS) is 13.5. The van der Waals surface area contributed by atoms with E-state index in [1.54, 1.807) is 0 Å². The molecule has 3 N–H and O–H groups in total. The van der Waals surface area contributed by atoms with Gasteiger partial charge in [0, 0.05) is 54.9 Å². The van der Waals surface area contributed by atoms with Crippen LogP contribution in [0.4, 0.5) is 5.69 Å².